The molecule has 1 aromatic rings. The molecule has 1 aromatic carbocycles. The van der Waals surface area contributed by atoms with Gasteiger partial charge >= 0.3 is 0 Å². The van der Waals surface area contributed by atoms with Gasteiger partial charge in [0, 0.05) is 30.3 Å². The van der Waals surface area contributed by atoms with Gasteiger partial charge in [0.25, 0.3) is 0 Å². The van der Waals surface area contributed by atoms with E-state index in [-0.39, 0.29) is 0 Å². The van der Waals surface area contributed by atoms with Crippen LogP contribution in [-0.2, 0) is 6.42 Å². The fourth-order valence-corrected chi connectivity index (χ4v) is 1.45. The lowest BCUT2D eigenvalue weighted by molar-refractivity contribution is 0.112. The Labute approximate surface area is 83.0 Å². The van der Waals surface area contributed by atoms with Gasteiger partial charge in [0.05, 0.1) is 0 Å². The average molecular weight is 185 g/mol. The second-order valence-corrected chi connectivity index (χ2v) is 3.28. The molecule has 2 rings (SSSR count). The van der Waals surface area contributed by atoms with Crippen molar-refractivity contribution in [1.29, 1.82) is 0 Å². The lowest BCUT2D eigenvalue weighted by Crippen LogP contribution is -1.87. The predicted octanol–water partition coefficient (Wildman–Crippen LogP) is 2.40. The molecule has 0 radical (unpaired) electrons. The highest BCUT2D eigenvalue weighted by Crippen LogP contribution is 2.13. The number of aldehydes is 1. The number of hydrogen-bond donors (Lipinski definition) is 0. The normalized spacial score (nSPS) is 14.1. The third kappa shape index (κ3) is 1.96. The molecule has 0 amide bonds. The van der Waals surface area contributed by atoms with E-state index < -0.39 is 0 Å². The predicted molar refractivity (Wildman–Crippen MR) is 56.7 cm³/mol. The maximum absolute atomic E-state index is 10.4. The first-order chi connectivity index (χ1) is 6.88. The third-order valence-electron chi connectivity index (χ3n) is 2.22. The molecular formula is C12H11NO. The van der Waals surface area contributed by atoms with E-state index in [1.165, 1.54) is 5.56 Å². The van der Waals surface area contributed by atoms with E-state index in [1.54, 1.807) is 0 Å². The molecule has 0 fully saturated rings. The number of allylic oxidation sites excluding steroid dienone is 2. The summed E-state index contributed by atoms with van der Waals surface area (Å²) in [5, 5.41) is 0. The minimum absolute atomic E-state index is 0.720. The fraction of sp³-hybridized carbons (Fsp3) is 0.167. The van der Waals surface area contributed by atoms with Crippen molar-refractivity contribution in [3.8, 4) is 0 Å². The van der Waals surface area contributed by atoms with E-state index in [4.69, 9.17) is 0 Å². The van der Waals surface area contributed by atoms with Crippen LogP contribution in [0.15, 0.2) is 41.0 Å². The maximum atomic E-state index is 10.4. The van der Waals surface area contributed by atoms with Crippen molar-refractivity contribution in [2.24, 2.45) is 4.99 Å². The smallest absolute Gasteiger partial charge is 0.150 e. The average Bonchev–Trinajstić information content (AvgIpc) is 2.72. The molecular weight excluding hydrogens is 174 g/mol. The zero-order valence-electron chi connectivity index (χ0n) is 7.81. The van der Waals surface area contributed by atoms with Crippen LogP contribution in [0, 0.1) is 0 Å². The van der Waals surface area contributed by atoms with Crippen molar-refractivity contribution in [2.75, 3.05) is 0 Å². The topological polar surface area (TPSA) is 29.4 Å². The molecule has 0 N–H and O–H groups in total. The van der Waals surface area contributed by atoms with Crippen molar-refractivity contribution >= 4 is 12.5 Å². The number of carbonyl (C=O) groups excluding carboxylic acids is 1. The molecule has 0 aliphatic carbocycles. The van der Waals surface area contributed by atoms with Crippen molar-refractivity contribution in [2.45, 2.75) is 12.8 Å². The van der Waals surface area contributed by atoms with Crippen LogP contribution in [0.1, 0.15) is 22.3 Å². The molecule has 0 saturated carbocycles. The van der Waals surface area contributed by atoms with Crippen molar-refractivity contribution in [3.05, 3.63) is 47.2 Å². The molecule has 1 heterocycles. The molecule has 1 aliphatic heterocycles. The molecule has 0 spiro atoms. The zero-order valence-corrected chi connectivity index (χ0v) is 7.81. The molecule has 0 aromatic heterocycles. The number of aliphatic imine (C=N–C) groups is 1. The van der Waals surface area contributed by atoms with Gasteiger partial charge in [0.1, 0.15) is 6.29 Å². The van der Waals surface area contributed by atoms with Gasteiger partial charge in [-0.2, -0.15) is 0 Å². The summed E-state index contributed by atoms with van der Waals surface area (Å²) in [5.41, 5.74) is 3.03. The Balaban J connectivity index is 2.09. The first kappa shape index (κ1) is 8.88. The molecule has 70 valence electrons. The Hall–Kier alpha value is -1.70. The molecule has 0 atom stereocenters. The molecule has 1 aliphatic rings. The third-order valence-corrected chi connectivity index (χ3v) is 2.22. The number of carbonyl (C=O) groups is 1. The van der Waals surface area contributed by atoms with Crippen LogP contribution in [-0.4, -0.2) is 12.5 Å². The Morgan fingerprint density at radius 3 is 2.64 bits per heavy atom. The van der Waals surface area contributed by atoms with Crippen LogP contribution >= 0.6 is 0 Å². The van der Waals surface area contributed by atoms with Crippen LogP contribution in [0.4, 0.5) is 0 Å². The van der Waals surface area contributed by atoms with Crippen molar-refractivity contribution in [3.63, 3.8) is 0 Å². The van der Waals surface area contributed by atoms with Gasteiger partial charge in [-0.05, 0) is 5.56 Å². The second kappa shape index (κ2) is 4.01. The summed E-state index contributed by atoms with van der Waals surface area (Å²) in [6.45, 7) is 0. The Kier molecular flexibility index (Phi) is 2.54. The molecule has 0 bridgehead atoms. The summed E-state index contributed by atoms with van der Waals surface area (Å²) in [4.78, 5) is 14.7. The van der Waals surface area contributed by atoms with Crippen LogP contribution in [0.25, 0.3) is 0 Å². The van der Waals surface area contributed by atoms with E-state index >= 15 is 0 Å². The quantitative estimate of drug-likeness (QED) is 0.665. The highest BCUT2D eigenvalue weighted by molar-refractivity contribution is 5.74. The zero-order chi connectivity index (χ0) is 9.80. The van der Waals surface area contributed by atoms with Gasteiger partial charge in [0.2, 0.25) is 0 Å². The van der Waals surface area contributed by atoms with Gasteiger partial charge < -0.3 is 0 Å². The molecule has 2 heteroatoms. The highest BCUT2D eigenvalue weighted by Gasteiger charge is 2.00. The molecule has 14 heavy (non-hydrogen) atoms. The number of benzene rings is 1. The first-order valence-electron chi connectivity index (χ1n) is 4.64. The molecule has 0 saturated heterocycles. The van der Waals surface area contributed by atoms with E-state index in [1.807, 2.05) is 30.5 Å². The lowest BCUT2D eigenvalue weighted by atomic mass is 10.1. The fourth-order valence-electron chi connectivity index (χ4n) is 1.45. The Morgan fingerprint density at radius 1 is 1.29 bits per heavy atom. The van der Waals surface area contributed by atoms with Gasteiger partial charge in [-0.3, -0.25) is 9.79 Å². The summed E-state index contributed by atoms with van der Waals surface area (Å²) < 4.78 is 0. The summed E-state index contributed by atoms with van der Waals surface area (Å²) in [6.07, 6.45) is 6.69. The second-order valence-electron chi connectivity index (χ2n) is 3.28. The van der Waals surface area contributed by atoms with E-state index in [2.05, 4.69) is 11.1 Å². The van der Waals surface area contributed by atoms with E-state index in [0.29, 0.717) is 0 Å². The monoisotopic (exact) mass is 185 g/mol. The Bertz CT molecular complexity index is 387. The minimum Gasteiger partial charge on any atom is -0.298 e. The first-order valence-corrected chi connectivity index (χ1v) is 4.64. The standard InChI is InChI=1S/C12H11NO/c14-9-11-5-3-10(4-6-11)8-12-2-1-7-13-12/h2-7,9H,1,8H2. The summed E-state index contributed by atoms with van der Waals surface area (Å²) in [6, 6.07) is 7.61. The van der Waals surface area contributed by atoms with Crippen LogP contribution in [0.2, 0.25) is 0 Å². The maximum Gasteiger partial charge on any atom is 0.150 e. The van der Waals surface area contributed by atoms with Crippen LogP contribution in [0.3, 0.4) is 0 Å². The van der Waals surface area contributed by atoms with Gasteiger partial charge in [-0.1, -0.05) is 30.3 Å². The highest BCUT2D eigenvalue weighted by atomic mass is 16.1. The van der Waals surface area contributed by atoms with Crippen LogP contribution < -0.4 is 0 Å². The minimum atomic E-state index is 0.720. The van der Waals surface area contributed by atoms with Gasteiger partial charge in [0.15, 0.2) is 0 Å². The summed E-state index contributed by atoms with van der Waals surface area (Å²) in [7, 11) is 0. The van der Waals surface area contributed by atoms with Crippen molar-refractivity contribution < 1.29 is 4.79 Å². The molecule has 2 nitrogen and oxygen atoms in total. The van der Waals surface area contributed by atoms with E-state index in [0.717, 1.165) is 30.4 Å². The van der Waals surface area contributed by atoms with Crippen LogP contribution in [0.5, 0.6) is 0 Å². The summed E-state index contributed by atoms with van der Waals surface area (Å²) in [5.74, 6) is 0. The largest absolute Gasteiger partial charge is 0.298 e. The lowest BCUT2D eigenvalue weighted by Gasteiger charge is -1.99. The van der Waals surface area contributed by atoms with Gasteiger partial charge in [-0.15, -0.1) is 0 Å². The molecule has 0 unspecified atom stereocenters. The number of nitrogens with zero attached hydrogens (tertiary/aromatic N) is 1. The SMILES string of the molecule is O=Cc1ccc(CC2=CCC=N2)cc1. The number of hydrogen-bond acceptors (Lipinski definition) is 2. The Morgan fingerprint density at radius 2 is 2.07 bits per heavy atom. The van der Waals surface area contributed by atoms with Crippen molar-refractivity contribution in [1.82, 2.24) is 0 Å². The summed E-state index contributed by atoms with van der Waals surface area (Å²) >= 11 is 0. The number of rotatable bonds is 3. The van der Waals surface area contributed by atoms with E-state index in [9.17, 15) is 4.79 Å². The van der Waals surface area contributed by atoms with Gasteiger partial charge in [-0.25, -0.2) is 0 Å².